The van der Waals surface area contributed by atoms with Gasteiger partial charge in [0, 0.05) is 25.4 Å². The van der Waals surface area contributed by atoms with E-state index in [0.29, 0.717) is 17.4 Å². The highest BCUT2D eigenvalue weighted by Gasteiger charge is 2.02. The van der Waals surface area contributed by atoms with Crippen LogP contribution in [0.25, 0.3) is 0 Å². The summed E-state index contributed by atoms with van der Waals surface area (Å²) in [6.07, 6.45) is 4.40. The molecular weight excluding hydrogens is 232 g/mol. The van der Waals surface area contributed by atoms with Gasteiger partial charge in [0.1, 0.15) is 0 Å². The van der Waals surface area contributed by atoms with E-state index in [1.807, 2.05) is 6.20 Å². The molecule has 0 unspecified atom stereocenters. The van der Waals surface area contributed by atoms with Crippen LogP contribution in [-0.2, 0) is 6.54 Å². The van der Waals surface area contributed by atoms with Crippen molar-refractivity contribution in [3.8, 4) is 5.88 Å². The van der Waals surface area contributed by atoms with Gasteiger partial charge in [0.05, 0.1) is 19.0 Å². The van der Waals surface area contributed by atoms with Crippen molar-refractivity contribution in [2.45, 2.75) is 13.0 Å². The highest BCUT2D eigenvalue weighted by atomic mass is 16.5. The fourth-order valence-corrected chi connectivity index (χ4v) is 1.51. The number of hydrogen-bond acceptors (Lipinski definition) is 6. The molecule has 2 aromatic rings. The first-order valence-electron chi connectivity index (χ1n) is 5.68. The van der Waals surface area contributed by atoms with E-state index in [1.54, 1.807) is 30.1 Å². The SMILES string of the molecule is COc1ccc(N)c(NCCCn2ccnn2)n1. The minimum atomic E-state index is 0.544. The van der Waals surface area contributed by atoms with Gasteiger partial charge in [0.2, 0.25) is 5.88 Å². The van der Waals surface area contributed by atoms with Crippen LogP contribution in [-0.4, -0.2) is 33.6 Å². The molecule has 3 N–H and O–H groups in total. The molecule has 0 aliphatic rings. The number of hydrogen-bond donors (Lipinski definition) is 2. The van der Waals surface area contributed by atoms with Crippen molar-refractivity contribution in [1.82, 2.24) is 20.0 Å². The van der Waals surface area contributed by atoms with Crippen LogP contribution in [0.5, 0.6) is 5.88 Å². The van der Waals surface area contributed by atoms with Gasteiger partial charge in [0.25, 0.3) is 0 Å². The number of anilines is 2. The average Bonchev–Trinajstić information content (AvgIpc) is 2.89. The molecule has 0 bridgehead atoms. The smallest absolute Gasteiger partial charge is 0.215 e. The zero-order valence-corrected chi connectivity index (χ0v) is 10.2. The van der Waals surface area contributed by atoms with Crippen LogP contribution >= 0.6 is 0 Å². The molecule has 0 aromatic carbocycles. The summed E-state index contributed by atoms with van der Waals surface area (Å²) in [5.74, 6) is 1.19. The van der Waals surface area contributed by atoms with E-state index >= 15 is 0 Å². The van der Waals surface area contributed by atoms with Crippen molar-refractivity contribution in [1.29, 1.82) is 0 Å². The van der Waals surface area contributed by atoms with Gasteiger partial charge in [-0.15, -0.1) is 5.10 Å². The second-order valence-corrected chi connectivity index (χ2v) is 3.74. The number of nitrogen functional groups attached to an aromatic ring is 1. The zero-order valence-electron chi connectivity index (χ0n) is 10.2. The number of aryl methyl sites for hydroxylation is 1. The van der Waals surface area contributed by atoms with E-state index in [1.165, 1.54) is 0 Å². The van der Waals surface area contributed by atoms with Crippen LogP contribution in [0.2, 0.25) is 0 Å². The summed E-state index contributed by atoms with van der Waals surface area (Å²) >= 11 is 0. The summed E-state index contributed by atoms with van der Waals surface area (Å²) in [6.45, 7) is 1.56. The van der Waals surface area contributed by atoms with Crippen molar-refractivity contribution >= 4 is 11.5 Å². The largest absolute Gasteiger partial charge is 0.481 e. The average molecular weight is 248 g/mol. The number of aromatic nitrogens is 4. The Balaban J connectivity index is 1.82. The molecule has 0 atom stereocenters. The van der Waals surface area contributed by atoms with Gasteiger partial charge in [-0.3, -0.25) is 4.68 Å². The predicted molar refractivity (Wildman–Crippen MR) is 68.3 cm³/mol. The maximum atomic E-state index is 5.81. The number of nitrogens with zero attached hydrogens (tertiary/aromatic N) is 4. The lowest BCUT2D eigenvalue weighted by molar-refractivity contribution is 0.398. The molecule has 18 heavy (non-hydrogen) atoms. The third-order valence-corrected chi connectivity index (χ3v) is 2.44. The molecule has 0 radical (unpaired) electrons. The summed E-state index contributed by atoms with van der Waals surface area (Å²) < 4.78 is 6.83. The maximum Gasteiger partial charge on any atom is 0.215 e. The molecule has 7 nitrogen and oxygen atoms in total. The summed E-state index contributed by atoms with van der Waals surface area (Å²) in [5, 5.41) is 10.8. The molecule has 7 heteroatoms. The molecule has 0 amide bonds. The highest BCUT2D eigenvalue weighted by Crippen LogP contribution is 2.19. The summed E-state index contributed by atoms with van der Waals surface area (Å²) in [4.78, 5) is 4.23. The van der Waals surface area contributed by atoms with Crippen molar-refractivity contribution in [2.75, 3.05) is 24.7 Å². The Labute approximate surface area is 105 Å². The molecule has 0 spiro atoms. The molecule has 0 fully saturated rings. The topological polar surface area (TPSA) is 90.9 Å². The lowest BCUT2D eigenvalue weighted by Crippen LogP contribution is -2.10. The fourth-order valence-electron chi connectivity index (χ4n) is 1.51. The molecular formula is C11H16N6O. The van der Waals surface area contributed by atoms with Crippen LogP contribution in [0.15, 0.2) is 24.5 Å². The fraction of sp³-hybridized carbons (Fsp3) is 0.364. The highest BCUT2D eigenvalue weighted by molar-refractivity contribution is 5.61. The second kappa shape index (κ2) is 5.85. The Hall–Kier alpha value is -2.31. The van der Waals surface area contributed by atoms with Gasteiger partial charge in [-0.2, -0.15) is 4.98 Å². The van der Waals surface area contributed by atoms with Gasteiger partial charge >= 0.3 is 0 Å². The minimum Gasteiger partial charge on any atom is -0.481 e. The third kappa shape index (κ3) is 3.09. The van der Waals surface area contributed by atoms with Crippen molar-refractivity contribution < 1.29 is 4.74 Å². The van der Waals surface area contributed by atoms with Gasteiger partial charge in [-0.25, -0.2) is 0 Å². The number of ether oxygens (including phenoxy) is 1. The van der Waals surface area contributed by atoms with Crippen LogP contribution < -0.4 is 15.8 Å². The molecule has 2 aromatic heterocycles. The van der Waals surface area contributed by atoms with Crippen LogP contribution in [0.4, 0.5) is 11.5 Å². The Kier molecular flexibility index (Phi) is 3.95. The van der Waals surface area contributed by atoms with E-state index in [4.69, 9.17) is 10.5 Å². The molecule has 0 aliphatic carbocycles. The summed E-state index contributed by atoms with van der Waals surface area (Å²) in [6, 6.07) is 3.50. The predicted octanol–water partition coefficient (Wildman–Crippen LogP) is 0.766. The number of nitrogens with one attached hydrogen (secondary N) is 1. The number of pyridine rings is 1. The van der Waals surface area contributed by atoms with E-state index in [-0.39, 0.29) is 0 Å². The van der Waals surface area contributed by atoms with Gasteiger partial charge in [-0.1, -0.05) is 5.21 Å². The number of methoxy groups -OCH3 is 1. The Morgan fingerprint density at radius 1 is 1.44 bits per heavy atom. The molecule has 2 heterocycles. The Morgan fingerprint density at radius 2 is 2.33 bits per heavy atom. The van der Waals surface area contributed by atoms with Gasteiger partial charge in [0.15, 0.2) is 5.82 Å². The van der Waals surface area contributed by atoms with Crippen LogP contribution in [0.3, 0.4) is 0 Å². The molecule has 0 saturated heterocycles. The van der Waals surface area contributed by atoms with Crippen molar-refractivity contribution in [3.63, 3.8) is 0 Å². The summed E-state index contributed by atoms with van der Waals surface area (Å²) in [7, 11) is 1.58. The third-order valence-electron chi connectivity index (χ3n) is 2.44. The lowest BCUT2D eigenvalue weighted by atomic mass is 10.3. The normalized spacial score (nSPS) is 10.3. The quantitative estimate of drug-likeness (QED) is 0.734. The van der Waals surface area contributed by atoms with Crippen LogP contribution in [0, 0.1) is 0 Å². The maximum absolute atomic E-state index is 5.81. The number of nitrogens with two attached hydrogens (primary N) is 1. The Bertz CT molecular complexity index is 484. The number of rotatable bonds is 6. The van der Waals surface area contributed by atoms with E-state index in [2.05, 4.69) is 20.6 Å². The van der Waals surface area contributed by atoms with Gasteiger partial charge < -0.3 is 15.8 Å². The second-order valence-electron chi connectivity index (χ2n) is 3.74. The molecule has 2 rings (SSSR count). The molecule has 0 saturated carbocycles. The van der Waals surface area contributed by atoms with Gasteiger partial charge in [-0.05, 0) is 12.5 Å². The van der Waals surface area contributed by atoms with E-state index in [9.17, 15) is 0 Å². The van der Waals surface area contributed by atoms with Crippen molar-refractivity contribution in [2.24, 2.45) is 0 Å². The van der Waals surface area contributed by atoms with E-state index in [0.717, 1.165) is 19.5 Å². The first kappa shape index (κ1) is 12.2. The van der Waals surface area contributed by atoms with Crippen LogP contribution in [0.1, 0.15) is 6.42 Å². The Morgan fingerprint density at radius 3 is 3.06 bits per heavy atom. The monoisotopic (exact) mass is 248 g/mol. The standard InChI is InChI=1S/C11H16N6O/c1-18-10-4-3-9(12)11(15-10)13-5-2-7-17-8-6-14-16-17/h3-4,6,8H,2,5,7,12H2,1H3,(H,13,15). The lowest BCUT2D eigenvalue weighted by Gasteiger charge is -2.09. The first-order valence-corrected chi connectivity index (χ1v) is 5.68. The summed E-state index contributed by atoms with van der Waals surface area (Å²) in [5.41, 5.74) is 6.42. The molecule has 0 aliphatic heterocycles. The minimum absolute atomic E-state index is 0.544. The van der Waals surface area contributed by atoms with E-state index < -0.39 is 0 Å². The zero-order chi connectivity index (χ0) is 12.8. The van der Waals surface area contributed by atoms with Crippen molar-refractivity contribution in [3.05, 3.63) is 24.5 Å². The molecule has 96 valence electrons. The first-order chi connectivity index (χ1) is 8.79.